The van der Waals surface area contributed by atoms with E-state index in [1.165, 1.54) is 0 Å². The standard InChI is InChI=1S/C16H22N2O3/c19-15(20)11-14(12-7-3-1-4-8-12)18-16(21)13-9-5-2-6-10-17-13/h1,3-4,7-8,13-14,17H,2,5-6,9-11H2,(H,18,21)(H,19,20). The van der Waals surface area contributed by atoms with Gasteiger partial charge in [0.1, 0.15) is 0 Å². The van der Waals surface area contributed by atoms with E-state index >= 15 is 0 Å². The van der Waals surface area contributed by atoms with Gasteiger partial charge in [0, 0.05) is 0 Å². The maximum atomic E-state index is 12.3. The number of carboxylic acid groups (broad SMARTS) is 1. The van der Waals surface area contributed by atoms with Crippen LogP contribution in [0.5, 0.6) is 0 Å². The van der Waals surface area contributed by atoms with Gasteiger partial charge >= 0.3 is 5.97 Å². The number of benzene rings is 1. The number of hydrogen-bond acceptors (Lipinski definition) is 3. The van der Waals surface area contributed by atoms with Gasteiger partial charge in [-0.3, -0.25) is 9.59 Å². The lowest BCUT2D eigenvalue weighted by Gasteiger charge is -2.22. The highest BCUT2D eigenvalue weighted by Gasteiger charge is 2.24. The Hall–Kier alpha value is -1.88. The first kappa shape index (κ1) is 15.5. The zero-order valence-electron chi connectivity index (χ0n) is 12.0. The van der Waals surface area contributed by atoms with Gasteiger partial charge < -0.3 is 15.7 Å². The van der Waals surface area contributed by atoms with E-state index in [0.717, 1.165) is 37.8 Å². The molecule has 114 valence electrons. The topological polar surface area (TPSA) is 78.4 Å². The van der Waals surface area contributed by atoms with Crippen molar-refractivity contribution in [2.24, 2.45) is 0 Å². The molecule has 0 radical (unpaired) electrons. The summed E-state index contributed by atoms with van der Waals surface area (Å²) in [5.74, 6) is -1.02. The summed E-state index contributed by atoms with van der Waals surface area (Å²) in [6.45, 7) is 0.840. The minimum Gasteiger partial charge on any atom is -0.481 e. The summed E-state index contributed by atoms with van der Waals surface area (Å²) in [4.78, 5) is 23.4. The summed E-state index contributed by atoms with van der Waals surface area (Å²) < 4.78 is 0. The number of carboxylic acids is 1. The van der Waals surface area contributed by atoms with Crippen LogP contribution in [0.25, 0.3) is 0 Å². The van der Waals surface area contributed by atoms with Crippen LogP contribution in [0.1, 0.15) is 43.7 Å². The van der Waals surface area contributed by atoms with Crippen molar-refractivity contribution in [3.8, 4) is 0 Å². The van der Waals surface area contributed by atoms with Crippen molar-refractivity contribution in [3.05, 3.63) is 35.9 Å². The number of nitrogens with one attached hydrogen (secondary N) is 2. The maximum Gasteiger partial charge on any atom is 0.305 e. The van der Waals surface area contributed by atoms with Crippen molar-refractivity contribution in [1.82, 2.24) is 10.6 Å². The molecule has 1 saturated heterocycles. The molecule has 1 aliphatic rings. The van der Waals surface area contributed by atoms with E-state index in [2.05, 4.69) is 10.6 Å². The van der Waals surface area contributed by atoms with Crippen LogP contribution in [0.15, 0.2) is 30.3 Å². The van der Waals surface area contributed by atoms with E-state index in [0.29, 0.717) is 0 Å². The van der Waals surface area contributed by atoms with Gasteiger partial charge in [-0.05, 0) is 24.9 Å². The lowest BCUT2D eigenvalue weighted by molar-refractivity contribution is -0.137. The van der Waals surface area contributed by atoms with Crippen LogP contribution in [-0.4, -0.2) is 29.6 Å². The smallest absolute Gasteiger partial charge is 0.305 e. The molecule has 0 spiro atoms. The lowest BCUT2D eigenvalue weighted by Crippen LogP contribution is -2.45. The fourth-order valence-corrected chi connectivity index (χ4v) is 2.64. The molecular weight excluding hydrogens is 268 g/mol. The zero-order valence-corrected chi connectivity index (χ0v) is 12.0. The van der Waals surface area contributed by atoms with E-state index in [4.69, 9.17) is 5.11 Å². The summed E-state index contributed by atoms with van der Waals surface area (Å²) in [5, 5.41) is 15.2. The van der Waals surface area contributed by atoms with Gasteiger partial charge in [0.15, 0.2) is 0 Å². The van der Waals surface area contributed by atoms with Gasteiger partial charge in [-0.1, -0.05) is 43.2 Å². The normalized spacial score (nSPS) is 20.3. The average molecular weight is 290 g/mol. The Morgan fingerprint density at radius 2 is 2.00 bits per heavy atom. The first-order valence-corrected chi connectivity index (χ1v) is 7.47. The number of rotatable bonds is 5. The molecule has 0 aliphatic carbocycles. The first-order valence-electron chi connectivity index (χ1n) is 7.47. The minimum atomic E-state index is -0.919. The Morgan fingerprint density at radius 1 is 1.24 bits per heavy atom. The van der Waals surface area contributed by atoms with E-state index in [1.54, 1.807) is 0 Å². The van der Waals surface area contributed by atoms with Gasteiger partial charge in [-0.2, -0.15) is 0 Å². The second-order valence-electron chi connectivity index (χ2n) is 5.43. The molecule has 0 aromatic heterocycles. The Balaban J connectivity index is 2.03. The Bertz CT molecular complexity index is 468. The predicted molar refractivity (Wildman–Crippen MR) is 79.8 cm³/mol. The average Bonchev–Trinajstić information content (AvgIpc) is 2.76. The molecule has 1 aromatic rings. The molecule has 1 amide bonds. The summed E-state index contributed by atoms with van der Waals surface area (Å²) in [7, 11) is 0. The van der Waals surface area contributed by atoms with Crippen LogP contribution in [-0.2, 0) is 9.59 Å². The highest BCUT2D eigenvalue weighted by atomic mass is 16.4. The molecule has 2 atom stereocenters. The van der Waals surface area contributed by atoms with Crippen LogP contribution in [0.4, 0.5) is 0 Å². The quantitative estimate of drug-likeness (QED) is 0.773. The summed E-state index contributed by atoms with van der Waals surface area (Å²) in [6.07, 6.45) is 3.94. The summed E-state index contributed by atoms with van der Waals surface area (Å²) in [6, 6.07) is 8.55. The van der Waals surface area contributed by atoms with Gasteiger partial charge in [0.25, 0.3) is 0 Å². The summed E-state index contributed by atoms with van der Waals surface area (Å²) in [5.41, 5.74) is 0.821. The number of carbonyl (C=O) groups is 2. The second kappa shape index (κ2) is 7.78. The molecule has 1 fully saturated rings. The fourth-order valence-electron chi connectivity index (χ4n) is 2.64. The van der Waals surface area contributed by atoms with E-state index < -0.39 is 12.0 Å². The van der Waals surface area contributed by atoms with Crippen LogP contribution in [0.2, 0.25) is 0 Å². The van der Waals surface area contributed by atoms with E-state index in [9.17, 15) is 9.59 Å². The van der Waals surface area contributed by atoms with E-state index in [1.807, 2.05) is 30.3 Å². The molecule has 1 heterocycles. The molecule has 1 aromatic carbocycles. The number of hydrogen-bond donors (Lipinski definition) is 3. The van der Waals surface area contributed by atoms with Crippen molar-refractivity contribution >= 4 is 11.9 Å². The largest absolute Gasteiger partial charge is 0.481 e. The third-order valence-corrected chi connectivity index (χ3v) is 3.77. The van der Waals surface area contributed by atoms with Crippen molar-refractivity contribution in [2.45, 2.75) is 44.2 Å². The molecule has 21 heavy (non-hydrogen) atoms. The molecule has 1 aliphatic heterocycles. The highest BCUT2D eigenvalue weighted by Crippen LogP contribution is 2.17. The van der Waals surface area contributed by atoms with Crippen LogP contribution in [0, 0.1) is 0 Å². The van der Waals surface area contributed by atoms with Crippen molar-refractivity contribution in [2.75, 3.05) is 6.54 Å². The summed E-state index contributed by atoms with van der Waals surface area (Å²) >= 11 is 0. The van der Waals surface area contributed by atoms with Crippen LogP contribution in [0.3, 0.4) is 0 Å². The monoisotopic (exact) mass is 290 g/mol. The number of amides is 1. The first-order chi connectivity index (χ1) is 10.2. The van der Waals surface area contributed by atoms with Crippen molar-refractivity contribution in [1.29, 1.82) is 0 Å². The number of aliphatic carboxylic acids is 1. The second-order valence-corrected chi connectivity index (χ2v) is 5.43. The van der Waals surface area contributed by atoms with Gasteiger partial charge in [0.2, 0.25) is 5.91 Å². The Morgan fingerprint density at radius 3 is 2.71 bits per heavy atom. The number of carbonyl (C=O) groups excluding carboxylic acids is 1. The molecule has 5 nitrogen and oxygen atoms in total. The van der Waals surface area contributed by atoms with Crippen LogP contribution >= 0.6 is 0 Å². The van der Waals surface area contributed by atoms with Gasteiger partial charge in [-0.15, -0.1) is 0 Å². The SMILES string of the molecule is O=C(O)CC(NC(=O)C1CCCCCN1)c1ccccc1. The third-order valence-electron chi connectivity index (χ3n) is 3.77. The molecule has 0 saturated carbocycles. The molecule has 5 heteroatoms. The Labute approximate surface area is 124 Å². The maximum absolute atomic E-state index is 12.3. The molecule has 0 bridgehead atoms. The molecular formula is C16H22N2O3. The third kappa shape index (κ3) is 4.86. The highest BCUT2D eigenvalue weighted by molar-refractivity contribution is 5.82. The fraction of sp³-hybridized carbons (Fsp3) is 0.500. The van der Waals surface area contributed by atoms with Crippen molar-refractivity contribution < 1.29 is 14.7 Å². The minimum absolute atomic E-state index is 0.105. The van der Waals surface area contributed by atoms with Crippen molar-refractivity contribution in [3.63, 3.8) is 0 Å². The van der Waals surface area contributed by atoms with E-state index in [-0.39, 0.29) is 18.4 Å². The van der Waals surface area contributed by atoms with Gasteiger partial charge in [-0.25, -0.2) is 0 Å². The lowest BCUT2D eigenvalue weighted by atomic mass is 10.0. The van der Waals surface area contributed by atoms with Gasteiger partial charge in [0.05, 0.1) is 18.5 Å². The zero-order chi connectivity index (χ0) is 15.1. The molecule has 2 unspecified atom stereocenters. The molecule has 3 N–H and O–H groups in total. The molecule has 2 rings (SSSR count). The Kier molecular flexibility index (Phi) is 5.75. The van der Waals surface area contributed by atoms with Crippen LogP contribution < -0.4 is 10.6 Å². The predicted octanol–water partition coefficient (Wildman–Crippen LogP) is 1.85.